The van der Waals surface area contributed by atoms with Crippen molar-refractivity contribution in [2.45, 2.75) is 19.3 Å². The number of benzene rings is 1. The average molecular weight is 300 g/mol. The molecule has 0 spiro atoms. The Bertz CT molecular complexity index is 548. The number of carboxylic acids is 1. The molecule has 0 aliphatic carbocycles. The summed E-state index contributed by atoms with van der Waals surface area (Å²) in [6.45, 7) is 0.646. The third-order valence-electron chi connectivity index (χ3n) is 3.61. The fourth-order valence-electron chi connectivity index (χ4n) is 2.57. The average Bonchev–Trinajstić information content (AvgIpc) is 2.39. The van der Waals surface area contributed by atoms with Gasteiger partial charge in [0.25, 0.3) is 5.69 Å². The molecule has 2 rings (SSSR count). The predicted octanol–water partition coefficient (Wildman–Crippen LogP) is 2.56. The summed E-state index contributed by atoms with van der Waals surface area (Å²) in [4.78, 5) is 21.8. The molecule has 0 atom stereocenters. The molecule has 8 heteroatoms. The van der Waals surface area contributed by atoms with Gasteiger partial charge in [0.2, 0.25) is 0 Å². The van der Waals surface area contributed by atoms with E-state index >= 15 is 0 Å². The van der Waals surface area contributed by atoms with Crippen LogP contribution in [0.15, 0.2) is 12.1 Å². The molecule has 0 saturated carbocycles. The van der Waals surface area contributed by atoms with E-state index in [2.05, 4.69) is 0 Å². The van der Waals surface area contributed by atoms with Crippen LogP contribution in [-0.2, 0) is 4.79 Å². The van der Waals surface area contributed by atoms with Crippen LogP contribution in [0.5, 0.6) is 0 Å². The van der Waals surface area contributed by atoms with Gasteiger partial charge in [0.1, 0.15) is 5.69 Å². The first-order chi connectivity index (χ1) is 9.88. The number of carbonyl (C=O) groups is 1. The molecule has 114 valence electrons. The van der Waals surface area contributed by atoms with Gasteiger partial charge in [0.05, 0.1) is 17.1 Å². The molecule has 0 radical (unpaired) electrons. The van der Waals surface area contributed by atoms with Crippen molar-refractivity contribution in [1.29, 1.82) is 0 Å². The van der Waals surface area contributed by atoms with E-state index in [0.29, 0.717) is 38.1 Å². The Kier molecular flexibility index (Phi) is 4.35. The van der Waals surface area contributed by atoms with Crippen molar-refractivity contribution in [3.63, 3.8) is 0 Å². The second kappa shape index (κ2) is 6.02. The molecule has 1 N–H and O–H groups in total. The minimum absolute atomic E-state index is 0.0112. The van der Waals surface area contributed by atoms with Crippen LogP contribution in [0, 0.1) is 27.7 Å². The number of nitrogens with zero attached hydrogens (tertiary/aromatic N) is 2. The van der Waals surface area contributed by atoms with Crippen molar-refractivity contribution in [2.24, 2.45) is 5.92 Å². The molecule has 21 heavy (non-hydrogen) atoms. The van der Waals surface area contributed by atoms with E-state index in [1.165, 1.54) is 4.90 Å². The van der Waals surface area contributed by atoms with E-state index in [-0.39, 0.29) is 18.0 Å². The first-order valence-corrected chi connectivity index (χ1v) is 6.48. The highest BCUT2D eigenvalue weighted by Crippen LogP contribution is 2.31. The molecule has 0 unspecified atom stereocenters. The van der Waals surface area contributed by atoms with Gasteiger partial charge in [-0.2, -0.15) is 0 Å². The Morgan fingerprint density at radius 1 is 1.33 bits per heavy atom. The number of carboxylic acid groups (broad SMARTS) is 1. The second-order valence-electron chi connectivity index (χ2n) is 5.04. The van der Waals surface area contributed by atoms with E-state index < -0.39 is 28.2 Å². The number of hydrogen-bond acceptors (Lipinski definition) is 4. The maximum absolute atomic E-state index is 13.9. The van der Waals surface area contributed by atoms with Crippen LogP contribution in [0.25, 0.3) is 0 Å². The van der Waals surface area contributed by atoms with Crippen LogP contribution in [-0.4, -0.2) is 29.1 Å². The zero-order valence-electron chi connectivity index (χ0n) is 11.1. The third-order valence-corrected chi connectivity index (χ3v) is 3.61. The molecule has 0 bridgehead atoms. The molecule has 1 aliphatic rings. The van der Waals surface area contributed by atoms with Gasteiger partial charge < -0.3 is 10.0 Å². The summed E-state index contributed by atoms with van der Waals surface area (Å²) in [5.41, 5.74) is -0.913. The Balaban J connectivity index is 2.13. The second-order valence-corrected chi connectivity index (χ2v) is 5.04. The number of nitro benzene ring substituents is 1. The largest absolute Gasteiger partial charge is 0.481 e. The van der Waals surface area contributed by atoms with E-state index in [4.69, 9.17) is 5.11 Å². The zero-order valence-corrected chi connectivity index (χ0v) is 11.1. The molecule has 1 aromatic carbocycles. The van der Waals surface area contributed by atoms with Crippen LogP contribution in [0.3, 0.4) is 0 Å². The molecule has 0 aromatic heterocycles. The summed E-state index contributed by atoms with van der Waals surface area (Å²) in [5, 5.41) is 19.3. The SMILES string of the molecule is O=C(O)CC1CCN(c2c(F)cc([N+](=O)[O-])cc2F)CC1. The lowest BCUT2D eigenvalue weighted by atomic mass is 9.93. The van der Waals surface area contributed by atoms with Gasteiger partial charge >= 0.3 is 5.97 Å². The van der Waals surface area contributed by atoms with Crippen LogP contribution in [0.4, 0.5) is 20.2 Å². The summed E-state index contributed by atoms with van der Waals surface area (Å²) >= 11 is 0. The van der Waals surface area contributed by atoms with Crippen molar-refractivity contribution in [3.8, 4) is 0 Å². The summed E-state index contributed by atoms with van der Waals surface area (Å²) in [5.74, 6) is -2.85. The van der Waals surface area contributed by atoms with Crippen molar-refractivity contribution in [2.75, 3.05) is 18.0 Å². The number of non-ortho nitro benzene ring substituents is 1. The normalized spacial score (nSPS) is 16.0. The lowest BCUT2D eigenvalue weighted by molar-refractivity contribution is -0.385. The van der Waals surface area contributed by atoms with Gasteiger partial charge in [-0.1, -0.05) is 0 Å². The molecule has 1 aromatic rings. The van der Waals surface area contributed by atoms with Gasteiger partial charge in [0.15, 0.2) is 11.6 Å². The van der Waals surface area contributed by atoms with E-state index in [9.17, 15) is 23.7 Å². The molecule has 1 fully saturated rings. The van der Waals surface area contributed by atoms with Crippen molar-refractivity contribution < 1.29 is 23.6 Å². The predicted molar refractivity (Wildman–Crippen MR) is 70.2 cm³/mol. The standard InChI is InChI=1S/C13H14F2N2O4/c14-10-6-9(17(20)21)7-11(15)13(10)16-3-1-8(2-4-16)5-12(18)19/h6-8H,1-5H2,(H,18,19). The van der Waals surface area contributed by atoms with E-state index in [1.54, 1.807) is 0 Å². The third kappa shape index (κ3) is 3.45. The van der Waals surface area contributed by atoms with Crippen LogP contribution in [0.2, 0.25) is 0 Å². The highest BCUT2D eigenvalue weighted by molar-refractivity contribution is 5.67. The number of rotatable bonds is 4. The summed E-state index contributed by atoms with van der Waals surface area (Å²) in [6, 6.07) is 1.39. The minimum atomic E-state index is -0.974. The first kappa shape index (κ1) is 15.1. The van der Waals surface area contributed by atoms with Gasteiger partial charge in [-0.25, -0.2) is 8.78 Å². The topological polar surface area (TPSA) is 83.7 Å². The highest BCUT2D eigenvalue weighted by Gasteiger charge is 2.26. The fourth-order valence-corrected chi connectivity index (χ4v) is 2.57. The van der Waals surface area contributed by atoms with E-state index in [1.807, 2.05) is 0 Å². The molecule has 6 nitrogen and oxygen atoms in total. The number of hydrogen-bond donors (Lipinski definition) is 1. The van der Waals surface area contributed by atoms with Crippen LogP contribution in [0.1, 0.15) is 19.3 Å². The van der Waals surface area contributed by atoms with E-state index in [0.717, 1.165) is 0 Å². The zero-order chi connectivity index (χ0) is 15.6. The summed E-state index contributed by atoms with van der Waals surface area (Å²) in [6.07, 6.45) is 1.07. The maximum Gasteiger partial charge on any atom is 0.303 e. The molecule has 1 aliphatic heterocycles. The van der Waals surface area contributed by atoms with Crippen LogP contribution < -0.4 is 4.90 Å². The van der Waals surface area contributed by atoms with Gasteiger partial charge in [-0.15, -0.1) is 0 Å². The van der Waals surface area contributed by atoms with Crippen molar-refractivity contribution in [3.05, 3.63) is 33.9 Å². The number of aliphatic carboxylic acids is 1. The van der Waals surface area contributed by atoms with Gasteiger partial charge in [-0.05, 0) is 18.8 Å². The van der Waals surface area contributed by atoms with Crippen molar-refractivity contribution >= 4 is 17.3 Å². The van der Waals surface area contributed by atoms with Gasteiger partial charge in [-0.3, -0.25) is 14.9 Å². The Labute approximate surface area is 119 Å². The Hall–Kier alpha value is -2.25. The summed E-state index contributed by atoms with van der Waals surface area (Å²) < 4.78 is 27.8. The number of halogens is 2. The molecule has 0 amide bonds. The monoisotopic (exact) mass is 300 g/mol. The maximum atomic E-state index is 13.9. The van der Waals surface area contributed by atoms with Crippen LogP contribution >= 0.6 is 0 Å². The Morgan fingerprint density at radius 3 is 2.29 bits per heavy atom. The molecular weight excluding hydrogens is 286 g/mol. The minimum Gasteiger partial charge on any atom is -0.481 e. The number of nitro groups is 1. The molecule has 1 heterocycles. The lowest BCUT2D eigenvalue weighted by Crippen LogP contribution is -2.35. The number of piperidine rings is 1. The molecular formula is C13H14F2N2O4. The fraction of sp³-hybridized carbons (Fsp3) is 0.462. The Morgan fingerprint density at radius 2 is 1.86 bits per heavy atom. The smallest absolute Gasteiger partial charge is 0.303 e. The first-order valence-electron chi connectivity index (χ1n) is 6.48. The van der Waals surface area contributed by atoms with Gasteiger partial charge in [0, 0.05) is 19.5 Å². The summed E-state index contributed by atoms with van der Waals surface area (Å²) in [7, 11) is 0. The molecule has 1 saturated heterocycles. The number of anilines is 1. The lowest BCUT2D eigenvalue weighted by Gasteiger charge is -2.33. The quantitative estimate of drug-likeness (QED) is 0.682. The highest BCUT2D eigenvalue weighted by atomic mass is 19.1. The van der Waals surface area contributed by atoms with Crippen molar-refractivity contribution in [1.82, 2.24) is 0 Å².